The lowest BCUT2D eigenvalue weighted by molar-refractivity contribution is 0.247. The van der Waals surface area contributed by atoms with Crippen LogP contribution in [0.3, 0.4) is 0 Å². The first-order chi connectivity index (χ1) is 4.20. The van der Waals surface area contributed by atoms with Crippen molar-refractivity contribution in [1.82, 2.24) is 0 Å². The third kappa shape index (κ3) is 5.47. The van der Waals surface area contributed by atoms with Gasteiger partial charge in [-0.3, -0.25) is 4.18 Å². The number of hydrogen-bond donors (Lipinski definition) is 0. The van der Waals surface area contributed by atoms with Gasteiger partial charge in [0.05, 0.1) is 17.5 Å². The highest BCUT2D eigenvalue weighted by molar-refractivity contribution is 9.09. The first-order valence-electron chi connectivity index (χ1n) is 2.09. The average molecular weight is 281 g/mol. The van der Waals surface area contributed by atoms with Gasteiger partial charge in [-0.2, -0.15) is 0 Å². The third-order valence-electron chi connectivity index (χ3n) is 0.559. The summed E-state index contributed by atoms with van der Waals surface area (Å²) in [6, 6.07) is 0. The predicted molar refractivity (Wildman–Crippen MR) is 41.4 cm³/mol. The van der Waals surface area contributed by atoms with Crippen molar-refractivity contribution < 1.29 is 12.9 Å². The largest absolute Gasteiger partial charge is 0.750 e. The molecule has 6 heteroatoms. The zero-order valence-electron chi connectivity index (χ0n) is 4.38. The average Bonchev–Trinajstić information content (AvgIpc) is 1.82. The Hall–Kier alpha value is 1.03. The minimum absolute atomic E-state index is 0.302. The van der Waals surface area contributed by atoms with Gasteiger partial charge in [-0.1, -0.05) is 31.9 Å². The van der Waals surface area contributed by atoms with E-state index < -0.39 is 11.4 Å². The van der Waals surface area contributed by atoms with E-state index in [9.17, 15) is 8.76 Å². The van der Waals surface area contributed by atoms with Gasteiger partial charge in [0.2, 0.25) is 0 Å². The van der Waals surface area contributed by atoms with Gasteiger partial charge in [-0.15, -0.1) is 0 Å². The first-order valence-corrected chi connectivity index (χ1v) is 5.33. The Morgan fingerprint density at radius 2 is 2.00 bits per heavy atom. The van der Waals surface area contributed by atoms with Crippen LogP contribution in [0.15, 0.2) is 0 Å². The molecule has 0 aliphatic rings. The Morgan fingerprint density at radius 3 is 2.11 bits per heavy atom. The van der Waals surface area contributed by atoms with Gasteiger partial charge in [0.1, 0.15) is 0 Å². The number of rotatable bonds is 4. The molecule has 1 unspecified atom stereocenters. The first kappa shape index (κ1) is 10.0. The van der Waals surface area contributed by atoms with Gasteiger partial charge in [0, 0.05) is 10.7 Å². The molecule has 0 fully saturated rings. The summed E-state index contributed by atoms with van der Waals surface area (Å²) in [7, 11) is 0. The molecule has 0 N–H and O–H groups in total. The van der Waals surface area contributed by atoms with Crippen LogP contribution in [0.1, 0.15) is 0 Å². The van der Waals surface area contributed by atoms with E-state index in [1.807, 2.05) is 0 Å². The van der Waals surface area contributed by atoms with Crippen molar-refractivity contribution in [2.24, 2.45) is 0 Å². The van der Waals surface area contributed by atoms with Crippen LogP contribution in [0.5, 0.6) is 0 Å². The smallest absolute Gasteiger partial charge is 0.0930 e. The van der Waals surface area contributed by atoms with Crippen molar-refractivity contribution in [1.29, 1.82) is 0 Å². The molecule has 0 spiro atoms. The summed E-state index contributed by atoms with van der Waals surface area (Å²) in [4.78, 5) is 0. The SMILES string of the molecule is O=S([O-])OC(CBr)CBr. The van der Waals surface area contributed by atoms with E-state index in [4.69, 9.17) is 0 Å². The van der Waals surface area contributed by atoms with E-state index in [1.54, 1.807) is 0 Å². The molecule has 0 amide bonds. The fraction of sp³-hybridized carbons (Fsp3) is 1.00. The quantitative estimate of drug-likeness (QED) is 0.569. The second-order valence-electron chi connectivity index (χ2n) is 1.23. The minimum atomic E-state index is -2.41. The lowest BCUT2D eigenvalue weighted by Crippen LogP contribution is -2.17. The van der Waals surface area contributed by atoms with Crippen LogP contribution < -0.4 is 0 Å². The zero-order valence-corrected chi connectivity index (χ0v) is 8.37. The summed E-state index contributed by atoms with van der Waals surface area (Å²) in [5.74, 6) is 0. The number of alkyl halides is 2. The van der Waals surface area contributed by atoms with Crippen LogP contribution >= 0.6 is 31.9 Å². The normalized spacial score (nSPS) is 14.2. The second kappa shape index (κ2) is 5.79. The Morgan fingerprint density at radius 1 is 1.56 bits per heavy atom. The van der Waals surface area contributed by atoms with Crippen molar-refractivity contribution in [3.8, 4) is 0 Å². The number of halogens is 2. The van der Waals surface area contributed by atoms with E-state index in [-0.39, 0.29) is 6.10 Å². The molecule has 0 aromatic heterocycles. The van der Waals surface area contributed by atoms with Crippen molar-refractivity contribution >= 4 is 43.2 Å². The van der Waals surface area contributed by atoms with E-state index >= 15 is 0 Å². The molecule has 0 aliphatic heterocycles. The van der Waals surface area contributed by atoms with E-state index in [0.29, 0.717) is 10.7 Å². The Bertz CT molecular complexity index is 95.1. The minimum Gasteiger partial charge on any atom is -0.750 e. The maximum absolute atomic E-state index is 9.86. The van der Waals surface area contributed by atoms with Gasteiger partial charge in [0.25, 0.3) is 0 Å². The molecule has 56 valence electrons. The molecule has 0 radical (unpaired) electrons. The van der Waals surface area contributed by atoms with Gasteiger partial charge < -0.3 is 4.55 Å². The molecule has 1 atom stereocenters. The van der Waals surface area contributed by atoms with E-state index in [1.165, 1.54) is 0 Å². The molecule has 0 rings (SSSR count). The van der Waals surface area contributed by atoms with E-state index in [2.05, 4.69) is 36.0 Å². The Labute approximate surface area is 72.9 Å². The fourth-order valence-electron chi connectivity index (χ4n) is 0.204. The van der Waals surface area contributed by atoms with Crippen molar-refractivity contribution in [2.75, 3.05) is 10.7 Å². The lowest BCUT2D eigenvalue weighted by Gasteiger charge is -2.12. The standard InChI is InChI=1S/C3H6Br2O3S/c4-1-3(2-5)8-9(6)7/h3H,1-2H2,(H,6,7)/p-1. The molecule has 0 bridgehead atoms. The monoisotopic (exact) mass is 279 g/mol. The highest BCUT2D eigenvalue weighted by Gasteiger charge is 2.03. The molecule has 0 heterocycles. The molecule has 3 nitrogen and oxygen atoms in total. The predicted octanol–water partition coefficient (Wildman–Crippen LogP) is 0.956. The van der Waals surface area contributed by atoms with Crippen molar-refractivity contribution in [2.45, 2.75) is 6.10 Å². The van der Waals surface area contributed by atoms with Gasteiger partial charge in [-0.05, 0) is 0 Å². The molecular formula is C3H5Br2O3S-. The zero-order chi connectivity index (χ0) is 7.28. The summed E-state index contributed by atoms with van der Waals surface area (Å²) in [6.45, 7) is 0. The lowest BCUT2D eigenvalue weighted by atomic mass is 10.5. The summed E-state index contributed by atoms with van der Waals surface area (Å²) in [6.07, 6.45) is -0.302. The summed E-state index contributed by atoms with van der Waals surface area (Å²) in [5.41, 5.74) is 0. The molecule has 9 heavy (non-hydrogen) atoms. The van der Waals surface area contributed by atoms with Crippen LogP contribution in [-0.4, -0.2) is 25.5 Å². The summed E-state index contributed by atoms with van der Waals surface area (Å²) >= 11 is 3.75. The number of hydrogen-bond acceptors (Lipinski definition) is 3. The van der Waals surface area contributed by atoms with Crippen molar-refractivity contribution in [3.05, 3.63) is 0 Å². The molecule has 0 aliphatic carbocycles. The molecule has 0 saturated heterocycles. The molecular weight excluding hydrogens is 276 g/mol. The van der Waals surface area contributed by atoms with Crippen LogP contribution in [0.4, 0.5) is 0 Å². The van der Waals surface area contributed by atoms with Crippen molar-refractivity contribution in [3.63, 3.8) is 0 Å². The third-order valence-corrected chi connectivity index (χ3v) is 2.43. The summed E-state index contributed by atoms with van der Waals surface area (Å²) < 4.78 is 24.1. The Kier molecular flexibility index (Phi) is 6.45. The Balaban J connectivity index is 3.43. The van der Waals surface area contributed by atoms with Crippen LogP contribution in [0.25, 0.3) is 0 Å². The van der Waals surface area contributed by atoms with Gasteiger partial charge in [0.15, 0.2) is 0 Å². The molecule has 0 aromatic rings. The summed E-state index contributed by atoms with van der Waals surface area (Å²) in [5, 5.41) is 1.01. The van der Waals surface area contributed by atoms with Crippen LogP contribution in [0.2, 0.25) is 0 Å². The van der Waals surface area contributed by atoms with Crippen LogP contribution in [0, 0.1) is 0 Å². The maximum atomic E-state index is 9.86. The van der Waals surface area contributed by atoms with Gasteiger partial charge in [-0.25, -0.2) is 4.21 Å². The molecule has 0 saturated carbocycles. The van der Waals surface area contributed by atoms with E-state index in [0.717, 1.165) is 0 Å². The fourth-order valence-corrected chi connectivity index (χ4v) is 2.25. The topological polar surface area (TPSA) is 49.4 Å². The molecule has 0 aromatic carbocycles. The second-order valence-corrected chi connectivity index (χ2v) is 3.13. The maximum Gasteiger partial charge on any atom is 0.0930 e. The highest BCUT2D eigenvalue weighted by Crippen LogP contribution is 2.02. The highest BCUT2D eigenvalue weighted by atomic mass is 79.9. The van der Waals surface area contributed by atoms with Gasteiger partial charge >= 0.3 is 0 Å². The van der Waals surface area contributed by atoms with Crippen LogP contribution in [-0.2, 0) is 15.5 Å².